The highest BCUT2D eigenvalue weighted by Crippen LogP contribution is 2.36. The summed E-state index contributed by atoms with van der Waals surface area (Å²) in [7, 11) is -1.44. The standard InChI is InChI=1S/C21H34BN3O3Si/c1-16-13-17(22-27-20(2,3)21(4,5)28-22)9-10-18(16)19-23-14-25(24-19)15-26-11-12-29(6,7)8/h9-10,13-14H,11-12,15H2,1-8H3. The van der Waals surface area contributed by atoms with Crippen LogP contribution in [0.2, 0.25) is 25.7 Å². The maximum atomic E-state index is 6.16. The van der Waals surface area contributed by atoms with Crippen LogP contribution in [0, 0.1) is 6.92 Å². The summed E-state index contributed by atoms with van der Waals surface area (Å²) in [6.07, 6.45) is 1.73. The molecule has 0 bridgehead atoms. The van der Waals surface area contributed by atoms with Crippen molar-refractivity contribution in [2.24, 2.45) is 0 Å². The van der Waals surface area contributed by atoms with Crippen LogP contribution in [0.25, 0.3) is 11.4 Å². The lowest BCUT2D eigenvalue weighted by atomic mass is 9.78. The van der Waals surface area contributed by atoms with Crippen molar-refractivity contribution in [1.29, 1.82) is 0 Å². The number of rotatable bonds is 7. The van der Waals surface area contributed by atoms with Crippen LogP contribution in [0.15, 0.2) is 24.5 Å². The summed E-state index contributed by atoms with van der Waals surface area (Å²) in [6, 6.07) is 7.33. The summed E-state index contributed by atoms with van der Waals surface area (Å²) < 4.78 is 19.8. The number of nitrogens with zero attached hydrogens (tertiary/aromatic N) is 3. The fourth-order valence-electron chi connectivity index (χ4n) is 3.08. The minimum atomic E-state index is -1.08. The van der Waals surface area contributed by atoms with Crippen LogP contribution in [-0.4, -0.2) is 47.8 Å². The summed E-state index contributed by atoms with van der Waals surface area (Å²) in [6.45, 7) is 18.6. The third kappa shape index (κ3) is 5.17. The molecule has 0 spiro atoms. The Balaban J connectivity index is 1.66. The summed E-state index contributed by atoms with van der Waals surface area (Å²) in [5.41, 5.74) is 2.42. The first-order valence-corrected chi connectivity index (χ1v) is 14.0. The second kappa shape index (κ2) is 7.98. The van der Waals surface area contributed by atoms with Crippen LogP contribution in [0.5, 0.6) is 0 Å². The van der Waals surface area contributed by atoms with Gasteiger partial charge in [0.2, 0.25) is 0 Å². The molecule has 158 valence electrons. The van der Waals surface area contributed by atoms with Gasteiger partial charge in [-0.15, -0.1) is 5.10 Å². The maximum absolute atomic E-state index is 6.16. The molecular weight excluding hydrogens is 381 g/mol. The molecule has 1 aliphatic heterocycles. The van der Waals surface area contributed by atoms with Crippen LogP contribution in [-0.2, 0) is 20.8 Å². The lowest BCUT2D eigenvalue weighted by Crippen LogP contribution is -2.41. The molecule has 1 fully saturated rings. The highest BCUT2D eigenvalue weighted by Gasteiger charge is 2.51. The summed E-state index contributed by atoms with van der Waals surface area (Å²) >= 11 is 0. The fourth-order valence-corrected chi connectivity index (χ4v) is 3.84. The summed E-state index contributed by atoms with van der Waals surface area (Å²) in [5.74, 6) is 0.705. The zero-order chi connectivity index (χ0) is 21.4. The molecule has 6 nitrogen and oxygen atoms in total. The third-order valence-corrected chi connectivity index (χ3v) is 7.48. The molecule has 1 aliphatic rings. The Morgan fingerprint density at radius 3 is 2.34 bits per heavy atom. The van der Waals surface area contributed by atoms with Gasteiger partial charge in [-0.25, -0.2) is 9.67 Å². The molecule has 0 saturated carbocycles. The van der Waals surface area contributed by atoms with E-state index in [-0.39, 0.29) is 18.3 Å². The summed E-state index contributed by atoms with van der Waals surface area (Å²) in [4.78, 5) is 4.47. The van der Waals surface area contributed by atoms with Gasteiger partial charge in [0, 0.05) is 20.2 Å². The first-order valence-electron chi connectivity index (χ1n) is 10.3. The van der Waals surface area contributed by atoms with Crippen molar-refractivity contribution in [3.63, 3.8) is 0 Å². The van der Waals surface area contributed by atoms with Crippen molar-refractivity contribution in [3.8, 4) is 11.4 Å². The monoisotopic (exact) mass is 415 g/mol. The van der Waals surface area contributed by atoms with Crippen molar-refractivity contribution in [2.45, 2.75) is 78.2 Å². The molecule has 8 heteroatoms. The number of aromatic nitrogens is 3. The van der Waals surface area contributed by atoms with E-state index in [1.165, 1.54) is 0 Å². The smallest absolute Gasteiger partial charge is 0.399 e. The van der Waals surface area contributed by atoms with E-state index in [1.807, 2.05) is 12.1 Å². The molecule has 1 aromatic carbocycles. The van der Waals surface area contributed by atoms with Crippen LogP contribution < -0.4 is 5.46 Å². The van der Waals surface area contributed by atoms with Gasteiger partial charge in [0.15, 0.2) is 5.82 Å². The third-order valence-electron chi connectivity index (χ3n) is 5.77. The first-order chi connectivity index (χ1) is 13.4. The van der Waals surface area contributed by atoms with E-state index in [2.05, 4.69) is 70.4 Å². The largest absolute Gasteiger partial charge is 0.494 e. The minimum absolute atomic E-state index is 0.347. The highest BCUT2D eigenvalue weighted by molar-refractivity contribution is 6.76. The Kier molecular flexibility index (Phi) is 6.11. The van der Waals surface area contributed by atoms with Gasteiger partial charge >= 0.3 is 7.12 Å². The quantitative estimate of drug-likeness (QED) is 0.508. The van der Waals surface area contributed by atoms with Gasteiger partial charge in [-0.2, -0.15) is 0 Å². The van der Waals surface area contributed by atoms with Gasteiger partial charge in [-0.3, -0.25) is 0 Å². The molecule has 0 radical (unpaired) electrons. The normalized spacial score (nSPS) is 18.4. The Bertz CT molecular complexity index is 845. The van der Waals surface area contributed by atoms with E-state index < -0.39 is 8.07 Å². The number of benzene rings is 1. The van der Waals surface area contributed by atoms with E-state index in [4.69, 9.17) is 14.0 Å². The van der Waals surface area contributed by atoms with Crippen molar-refractivity contribution in [3.05, 3.63) is 30.1 Å². The molecule has 3 rings (SSSR count). The van der Waals surface area contributed by atoms with E-state index in [0.717, 1.165) is 29.2 Å². The maximum Gasteiger partial charge on any atom is 0.494 e. The van der Waals surface area contributed by atoms with Gasteiger partial charge in [0.25, 0.3) is 0 Å². The summed E-state index contributed by atoms with van der Waals surface area (Å²) in [5, 5.41) is 4.58. The van der Waals surface area contributed by atoms with Crippen molar-refractivity contribution in [1.82, 2.24) is 14.8 Å². The zero-order valence-corrected chi connectivity index (χ0v) is 20.1. The number of ether oxygens (including phenoxy) is 1. The van der Waals surface area contributed by atoms with E-state index >= 15 is 0 Å². The zero-order valence-electron chi connectivity index (χ0n) is 19.1. The first kappa shape index (κ1) is 22.2. The SMILES string of the molecule is Cc1cc(B2OC(C)(C)C(C)(C)O2)ccc1-c1ncn(COCC[Si](C)(C)C)n1. The molecular formula is C21H34BN3O3Si. The van der Waals surface area contributed by atoms with Gasteiger partial charge < -0.3 is 14.0 Å². The minimum Gasteiger partial charge on any atom is -0.399 e. The van der Waals surface area contributed by atoms with Crippen LogP contribution in [0.4, 0.5) is 0 Å². The Morgan fingerprint density at radius 2 is 1.76 bits per heavy atom. The average Bonchev–Trinajstić information content (AvgIpc) is 3.13. The van der Waals surface area contributed by atoms with E-state index in [1.54, 1.807) is 11.0 Å². The average molecular weight is 415 g/mol. The van der Waals surface area contributed by atoms with Crippen molar-refractivity contribution >= 4 is 20.7 Å². The number of aryl methyl sites for hydroxylation is 1. The Hall–Kier alpha value is -1.48. The van der Waals surface area contributed by atoms with E-state index in [9.17, 15) is 0 Å². The molecule has 1 aromatic heterocycles. The predicted molar refractivity (Wildman–Crippen MR) is 120 cm³/mol. The number of hydrogen-bond donors (Lipinski definition) is 0. The van der Waals surface area contributed by atoms with E-state index in [0.29, 0.717) is 12.6 Å². The van der Waals surface area contributed by atoms with Gasteiger partial charge in [-0.1, -0.05) is 37.8 Å². The molecule has 0 N–H and O–H groups in total. The number of hydrogen-bond acceptors (Lipinski definition) is 5. The van der Waals surface area contributed by atoms with Gasteiger partial charge in [0.1, 0.15) is 13.1 Å². The molecule has 2 heterocycles. The molecule has 0 atom stereocenters. The van der Waals surface area contributed by atoms with Crippen LogP contribution in [0.3, 0.4) is 0 Å². The highest BCUT2D eigenvalue weighted by atomic mass is 28.3. The molecule has 1 saturated heterocycles. The van der Waals surface area contributed by atoms with Crippen molar-refractivity contribution in [2.75, 3.05) is 6.61 Å². The molecule has 0 amide bonds. The Labute approximate surface area is 176 Å². The van der Waals surface area contributed by atoms with Crippen LogP contribution in [0.1, 0.15) is 33.3 Å². The molecule has 0 aliphatic carbocycles. The second-order valence-corrected chi connectivity index (χ2v) is 15.7. The molecule has 2 aromatic rings. The lowest BCUT2D eigenvalue weighted by Gasteiger charge is -2.32. The second-order valence-electron chi connectivity index (χ2n) is 10.1. The fraction of sp³-hybridized carbons (Fsp3) is 0.619. The lowest BCUT2D eigenvalue weighted by molar-refractivity contribution is 0.00578. The molecule has 29 heavy (non-hydrogen) atoms. The predicted octanol–water partition coefficient (Wildman–Crippen LogP) is 3.87. The van der Waals surface area contributed by atoms with Gasteiger partial charge in [-0.05, 0) is 51.7 Å². The van der Waals surface area contributed by atoms with Crippen LogP contribution >= 0.6 is 0 Å². The molecule has 0 unspecified atom stereocenters. The Morgan fingerprint density at radius 1 is 1.10 bits per heavy atom. The van der Waals surface area contributed by atoms with Crippen molar-refractivity contribution < 1.29 is 14.0 Å². The van der Waals surface area contributed by atoms with Gasteiger partial charge in [0.05, 0.1) is 11.2 Å². The topological polar surface area (TPSA) is 58.4 Å².